The van der Waals surface area contributed by atoms with Crippen LogP contribution in [0.15, 0.2) is 0 Å². The maximum Gasteiger partial charge on any atom is 0.0786 e. The number of aliphatic hydroxyl groups is 3. The van der Waals surface area contributed by atoms with E-state index in [1.807, 2.05) is 13.8 Å². The number of nitrogens with two attached hydrogens (primary N) is 1. The fourth-order valence-corrected chi connectivity index (χ4v) is 1.02. The zero-order valence-electron chi connectivity index (χ0n) is 7.64. The first-order valence-electron chi connectivity index (χ1n) is 4.21. The number of hydrogen-bond donors (Lipinski definition) is 4. The second kappa shape index (κ2) is 5.48. The molecule has 0 saturated heterocycles. The number of aliphatic hydroxyl groups excluding tert-OH is 3. The minimum Gasteiger partial charge on any atom is -0.394 e. The van der Waals surface area contributed by atoms with E-state index in [-0.39, 0.29) is 18.9 Å². The van der Waals surface area contributed by atoms with Crippen molar-refractivity contribution in [1.82, 2.24) is 0 Å². The van der Waals surface area contributed by atoms with E-state index in [1.54, 1.807) is 0 Å². The lowest BCUT2D eigenvalue weighted by atomic mass is 9.96. The van der Waals surface area contributed by atoms with Crippen molar-refractivity contribution in [3.8, 4) is 0 Å². The Labute approximate surface area is 73.0 Å². The van der Waals surface area contributed by atoms with E-state index in [1.165, 1.54) is 0 Å². The zero-order valence-corrected chi connectivity index (χ0v) is 7.64. The Bertz CT molecular complexity index is 119. The molecule has 3 atom stereocenters. The van der Waals surface area contributed by atoms with Crippen molar-refractivity contribution in [2.45, 2.75) is 38.5 Å². The Morgan fingerprint density at radius 2 is 1.75 bits per heavy atom. The summed E-state index contributed by atoms with van der Waals surface area (Å²) < 4.78 is 0. The van der Waals surface area contributed by atoms with E-state index in [0.29, 0.717) is 0 Å². The van der Waals surface area contributed by atoms with Gasteiger partial charge in [0.2, 0.25) is 0 Å². The molecule has 0 spiro atoms. The fourth-order valence-electron chi connectivity index (χ4n) is 1.02. The summed E-state index contributed by atoms with van der Waals surface area (Å²) in [5.74, 6) is 0.0749. The van der Waals surface area contributed by atoms with Crippen LogP contribution in [0.2, 0.25) is 0 Å². The Hall–Kier alpha value is -0.160. The molecule has 0 rings (SSSR count). The molecule has 0 bridgehead atoms. The van der Waals surface area contributed by atoms with Crippen molar-refractivity contribution in [2.24, 2.45) is 11.7 Å². The molecule has 0 saturated carbocycles. The van der Waals surface area contributed by atoms with Crippen molar-refractivity contribution in [1.29, 1.82) is 0 Å². The molecule has 0 aliphatic rings. The number of hydrogen-bond acceptors (Lipinski definition) is 4. The van der Waals surface area contributed by atoms with Crippen molar-refractivity contribution < 1.29 is 15.3 Å². The third kappa shape index (κ3) is 4.01. The molecule has 74 valence electrons. The van der Waals surface area contributed by atoms with E-state index >= 15 is 0 Å². The molecule has 12 heavy (non-hydrogen) atoms. The highest BCUT2D eigenvalue weighted by atomic mass is 16.3. The average molecular weight is 177 g/mol. The second-order valence-corrected chi connectivity index (χ2v) is 3.47. The van der Waals surface area contributed by atoms with Gasteiger partial charge in [0.1, 0.15) is 0 Å². The Morgan fingerprint density at radius 3 is 2.08 bits per heavy atom. The molecule has 0 aromatic rings. The summed E-state index contributed by atoms with van der Waals surface area (Å²) >= 11 is 0. The summed E-state index contributed by atoms with van der Waals surface area (Å²) in [6.07, 6.45) is -1.21. The summed E-state index contributed by atoms with van der Waals surface area (Å²) in [6, 6.07) is -0.466. The van der Waals surface area contributed by atoms with E-state index in [9.17, 15) is 5.11 Å². The molecular formula is C8H19NO3. The molecule has 5 N–H and O–H groups in total. The highest BCUT2D eigenvalue weighted by Crippen LogP contribution is 2.08. The maximum atomic E-state index is 9.42. The molecule has 0 aromatic heterocycles. The van der Waals surface area contributed by atoms with Crippen LogP contribution in [0.1, 0.15) is 20.3 Å². The highest BCUT2D eigenvalue weighted by molar-refractivity contribution is 4.76. The van der Waals surface area contributed by atoms with Gasteiger partial charge in [-0.05, 0) is 12.3 Å². The first-order chi connectivity index (χ1) is 5.49. The molecule has 0 aliphatic carbocycles. The van der Waals surface area contributed by atoms with E-state index in [4.69, 9.17) is 15.9 Å². The van der Waals surface area contributed by atoms with Gasteiger partial charge in [-0.25, -0.2) is 0 Å². The third-order valence-corrected chi connectivity index (χ3v) is 1.88. The summed E-state index contributed by atoms with van der Waals surface area (Å²) in [5.41, 5.74) is 5.57. The molecule has 4 heteroatoms. The first-order valence-corrected chi connectivity index (χ1v) is 4.21. The van der Waals surface area contributed by atoms with Crippen molar-refractivity contribution in [2.75, 3.05) is 6.61 Å². The third-order valence-electron chi connectivity index (χ3n) is 1.88. The van der Waals surface area contributed by atoms with Crippen LogP contribution in [-0.2, 0) is 0 Å². The smallest absolute Gasteiger partial charge is 0.0786 e. The van der Waals surface area contributed by atoms with Gasteiger partial charge in [0.15, 0.2) is 0 Å². The zero-order chi connectivity index (χ0) is 9.72. The number of rotatable bonds is 5. The predicted molar refractivity (Wildman–Crippen MR) is 46.5 cm³/mol. The van der Waals surface area contributed by atoms with Crippen molar-refractivity contribution in [3.05, 3.63) is 0 Å². The van der Waals surface area contributed by atoms with E-state index in [0.717, 1.165) is 0 Å². The van der Waals surface area contributed by atoms with Gasteiger partial charge >= 0.3 is 0 Å². The molecule has 4 nitrogen and oxygen atoms in total. The van der Waals surface area contributed by atoms with Crippen LogP contribution in [0.3, 0.4) is 0 Å². The minimum atomic E-state index is -0.826. The average Bonchev–Trinajstić information content (AvgIpc) is 2.02. The van der Waals surface area contributed by atoms with Gasteiger partial charge in [-0.3, -0.25) is 0 Å². The normalized spacial score (nSPS) is 19.2. The lowest BCUT2D eigenvalue weighted by Crippen LogP contribution is -2.41. The predicted octanol–water partition coefficient (Wildman–Crippen LogP) is -0.926. The summed E-state index contributed by atoms with van der Waals surface area (Å²) in [7, 11) is 0. The van der Waals surface area contributed by atoms with Gasteiger partial charge < -0.3 is 21.1 Å². The van der Waals surface area contributed by atoms with Crippen molar-refractivity contribution >= 4 is 0 Å². The van der Waals surface area contributed by atoms with Crippen LogP contribution in [0.4, 0.5) is 0 Å². The molecule has 0 aliphatic heterocycles. The van der Waals surface area contributed by atoms with E-state index in [2.05, 4.69) is 0 Å². The van der Waals surface area contributed by atoms with Gasteiger partial charge in [0.25, 0.3) is 0 Å². The van der Waals surface area contributed by atoms with Gasteiger partial charge in [-0.2, -0.15) is 0 Å². The van der Waals surface area contributed by atoms with Gasteiger partial charge in [-0.1, -0.05) is 13.8 Å². The standard InChI is InChI=1S/C8H19NO3/c1-5(2)8(12)7(9)3-6(11)4-10/h5-8,10-12H,3-4,9H2,1-2H3. The molecule has 0 amide bonds. The van der Waals surface area contributed by atoms with Gasteiger partial charge in [0.05, 0.1) is 18.8 Å². The molecule has 3 unspecified atom stereocenters. The quantitative estimate of drug-likeness (QED) is 0.437. The summed E-state index contributed by atoms with van der Waals surface area (Å²) in [6.45, 7) is 3.41. The Balaban J connectivity index is 3.78. The van der Waals surface area contributed by atoms with E-state index < -0.39 is 18.2 Å². The largest absolute Gasteiger partial charge is 0.394 e. The van der Waals surface area contributed by atoms with Crippen LogP contribution >= 0.6 is 0 Å². The summed E-state index contributed by atoms with van der Waals surface area (Å²) in [4.78, 5) is 0. The van der Waals surface area contributed by atoms with Crippen LogP contribution < -0.4 is 5.73 Å². The first kappa shape index (κ1) is 11.8. The molecule has 0 fully saturated rings. The van der Waals surface area contributed by atoms with Crippen LogP contribution in [0, 0.1) is 5.92 Å². The van der Waals surface area contributed by atoms with Gasteiger partial charge in [0, 0.05) is 6.04 Å². The topological polar surface area (TPSA) is 86.7 Å². The molecule has 0 heterocycles. The van der Waals surface area contributed by atoms with Crippen LogP contribution in [-0.4, -0.2) is 40.2 Å². The highest BCUT2D eigenvalue weighted by Gasteiger charge is 2.20. The Morgan fingerprint density at radius 1 is 1.25 bits per heavy atom. The molecule has 0 aromatic carbocycles. The lowest BCUT2D eigenvalue weighted by Gasteiger charge is -2.23. The summed E-state index contributed by atoms with van der Waals surface area (Å²) in [5, 5.41) is 27.0. The lowest BCUT2D eigenvalue weighted by molar-refractivity contribution is 0.0429. The molecule has 0 radical (unpaired) electrons. The van der Waals surface area contributed by atoms with Gasteiger partial charge in [-0.15, -0.1) is 0 Å². The van der Waals surface area contributed by atoms with Crippen molar-refractivity contribution in [3.63, 3.8) is 0 Å². The SMILES string of the molecule is CC(C)C(O)C(N)CC(O)CO. The second-order valence-electron chi connectivity index (χ2n) is 3.47. The van der Waals surface area contributed by atoms with Crippen LogP contribution in [0.25, 0.3) is 0 Å². The molecular weight excluding hydrogens is 158 g/mol. The maximum absolute atomic E-state index is 9.42. The fraction of sp³-hybridized carbons (Fsp3) is 1.00. The monoisotopic (exact) mass is 177 g/mol. The Kier molecular flexibility index (Phi) is 5.41. The van der Waals surface area contributed by atoms with Crippen LogP contribution in [0.5, 0.6) is 0 Å². The minimum absolute atomic E-state index is 0.0749.